The van der Waals surface area contributed by atoms with E-state index < -0.39 is 33.5 Å². The summed E-state index contributed by atoms with van der Waals surface area (Å²) in [6, 6.07) is 9.06. The Hall–Kier alpha value is -6.02. The van der Waals surface area contributed by atoms with Gasteiger partial charge in [-0.15, -0.1) is 0 Å². The molecule has 1 atom stereocenters. The number of carbonyl (C=O) groups excluding carboxylic acids is 4. The van der Waals surface area contributed by atoms with Crippen molar-refractivity contribution < 1.29 is 37.1 Å². The molecule has 17 nitrogen and oxygen atoms in total. The normalized spacial score (nSPS) is 18.1. The highest BCUT2D eigenvalue weighted by atomic mass is 35.5. The van der Waals surface area contributed by atoms with Gasteiger partial charge in [0.25, 0.3) is 0 Å². The zero-order valence-electron chi connectivity index (χ0n) is 36.9. The van der Waals surface area contributed by atoms with Crippen LogP contribution < -0.4 is 25.2 Å². The highest BCUT2D eigenvalue weighted by molar-refractivity contribution is 7.90. The summed E-state index contributed by atoms with van der Waals surface area (Å²) in [5.41, 5.74) is 2.22. The van der Waals surface area contributed by atoms with Gasteiger partial charge >= 0.3 is 10.2 Å². The Bertz CT molecular complexity index is 2790. The van der Waals surface area contributed by atoms with Gasteiger partial charge in [-0.3, -0.25) is 29.2 Å². The van der Waals surface area contributed by atoms with Crippen LogP contribution in [0.5, 0.6) is 0 Å². The minimum atomic E-state index is -3.92. The first-order valence-electron chi connectivity index (χ1n) is 22.0. The van der Waals surface area contributed by atoms with Gasteiger partial charge in [0.1, 0.15) is 23.3 Å². The number of hydrogen-bond donors (Lipinski definition) is 5. The van der Waals surface area contributed by atoms with Crippen molar-refractivity contribution in [3.05, 3.63) is 88.7 Å². The summed E-state index contributed by atoms with van der Waals surface area (Å²) < 4.78 is 44.3. The number of aromatic amines is 1. The molecule has 8 rings (SSSR count). The summed E-state index contributed by atoms with van der Waals surface area (Å²) >= 11 is 6.66. The highest BCUT2D eigenvalue weighted by Crippen LogP contribution is 2.36. The van der Waals surface area contributed by atoms with Crippen LogP contribution in [0.15, 0.2) is 61.2 Å². The molecule has 3 aromatic heterocycles. The van der Waals surface area contributed by atoms with Crippen LogP contribution >= 0.6 is 11.6 Å². The van der Waals surface area contributed by atoms with Crippen LogP contribution in [0.1, 0.15) is 79.8 Å². The molecule has 0 aliphatic carbocycles. The number of benzene rings is 2. The molecule has 2 aromatic carbocycles. The molecule has 0 bridgehead atoms. The second kappa shape index (κ2) is 19.1. The molecule has 3 aliphatic rings. The molecule has 0 unspecified atom stereocenters. The van der Waals surface area contributed by atoms with Crippen molar-refractivity contribution in [3.63, 3.8) is 0 Å². The lowest BCUT2D eigenvalue weighted by atomic mass is 9.83. The van der Waals surface area contributed by atoms with Gasteiger partial charge in [-0.05, 0) is 86.9 Å². The van der Waals surface area contributed by atoms with E-state index in [1.165, 1.54) is 26.2 Å². The SMILES string of the molecule is CCN(C)S(=O)(=O)Nc1ccc(F)c(C(=O)c2c[nH]c3ncc(-c4cnc(N5CCC(CC(=O)CC6(O)CCN(c7ccc(N[C@H]8CCC(=O)NC8=O)cc7Cl)CC6)CC5)nc4)cc23)c1C. The summed E-state index contributed by atoms with van der Waals surface area (Å²) in [6.45, 7) is 5.77. The van der Waals surface area contributed by atoms with Crippen molar-refractivity contribution in [2.75, 3.05) is 59.6 Å². The van der Waals surface area contributed by atoms with Gasteiger partial charge in [-0.25, -0.2) is 19.3 Å². The molecule has 0 spiro atoms. The third-order valence-electron chi connectivity index (χ3n) is 13.0. The maximum Gasteiger partial charge on any atom is 0.301 e. The molecule has 0 radical (unpaired) electrons. The van der Waals surface area contributed by atoms with Crippen LogP contribution in [-0.2, 0) is 24.6 Å². The number of fused-ring (bicyclic) bond motifs is 1. The van der Waals surface area contributed by atoms with Crippen molar-refractivity contribution in [1.29, 1.82) is 0 Å². The number of Topliss-reactive ketones (excluding diaryl/α,β-unsaturated/α-hetero) is 1. The van der Waals surface area contributed by atoms with E-state index in [4.69, 9.17) is 11.6 Å². The smallest absolute Gasteiger partial charge is 0.301 e. The number of piperidine rings is 3. The molecule has 6 heterocycles. The molecule has 0 saturated carbocycles. The molecule has 66 heavy (non-hydrogen) atoms. The van der Waals surface area contributed by atoms with Crippen LogP contribution in [0.4, 0.5) is 27.4 Å². The first-order chi connectivity index (χ1) is 31.5. The molecule has 20 heteroatoms. The van der Waals surface area contributed by atoms with E-state index in [2.05, 4.69) is 45.1 Å². The van der Waals surface area contributed by atoms with Gasteiger partial charge in [-0.2, -0.15) is 12.7 Å². The number of halogens is 2. The van der Waals surface area contributed by atoms with Crippen molar-refractivity contribution in [2.45, 2.75) is 76.9 Å². The zero-order valence-corrected chi connectivity index (χ0v) is 38.4. The lowest BCUT2D eigenvalue weighted by molar-refractivity contribution is -0.133. The summed E-state index contributed by atoms with van der Waals surface area (Å²) in [4.78, 5) is 71.8. The number of nitrogens with one attached hydrogen (secondary N) is 4. The number of imide groups is 1. The van der Waals surface area contributed by atoms with Crippen LogP contribution in [0.3, 0.4) is 0 Å². The fraction of sp³-hybridized carbons (Fsp3) is 0.413. The number of aliphatic hydroxyl groups is 1. The minimum Gasteiger partial charge on any atom is -0.389 e. The molecule has 348 valence electrons. The monoisotopic (exact) mass is 942 g/mol. The van der Waals surface area contributed by atoms with E-state index in [1.807, 2.05) is 12.1 Å². The van der Waals surface area contributed by atoms with E-state index in [0.29, 0.717) is 90.7 Å². The Kier molecular flexibility index (Phi) is 13.4. The summed E-state index contributed by atoms with van der Waals surface area (Å²) in [6.07, 6.45) is 9.98. The number of ketones is 2. The van der Waals surface area contributed by atoms with Gasteiger partial charge in [0.05, 0.1) is 27.6 Å². The molecule has 3 fully saturated rings. The number of rotatable bonds is 15. The van der Waals surface area contributed by atoms with Crippen LogP contribution in [0, 0.1) is 18.7 Å². The van der Waals surface area contributed by atoms with E-state index >= 15 is 4.39 Å². The first kappa shape index (κ1) is 46.5. The largest absolute Gasteiger partial charge is 0.389 e. The number of carbonyl (C=O) groups is 4. The number of aromatic nitrogens is 4. The van der Waals surface area contributed by atoms with E-state index in [1.54, 1.807) is 37.6 Å². The number of nitrogens with zero attached hydrogens (tertiary/aromatic N) is 6. The van der Waals surface area contributed by atoms with Crippen molar-refractivity contribution in [2.24, 2.45) is 5.92 Å². The summed E-state index contributed by atoms with van der Waals surface area (Å²) in [7, 11) is -2.51. The molecule has 2 amide bonds. The zero-order chi connectivity index (χ0) is 46.9. The standard InChI is InChI=1S/C46H52ClFN10O7S/c1-4-56(3)66(64,65)55-37-7-6-36(48)41(27(37)2)42(61)34-26-50-43-33(34)20-29(23-49-43)30-24-51-45(52-25-30)58-15-11-28(12-16-58)19-32(59)22-46(63)13-17-57(18-14-46)39-9-5-31(21-35(39)47)53-38-8-10-40(60)54-44(38)62/h5-7,9,20-21,23-26,28,38,53,55,63H,4,8,10-19,22H2,1-3H3,(H,49,50)(H,54,60,62)/t38-/m0/s1. The predicted octanol–water partition coefficient (Wildman–Crippen LogP) is 5.77. The predicted molar refractivity (Wildman–Crippen MR) is 249 cm³/mol. The lowest BCUT2D eigenvalue weighted by Gasteiger charge is -2.39. The quantitative estimate of drug-likeness (QED) is 0.0622. The molecule has 3 aliphatic heterocycles. The van der Waals surface area contributed by atoms with E-state index in [-0.39, 0.29) is 65.3 Å². The van der Waals surface area contributed by atoms with Crippen LogP contribution in [-0.4, -0.2) is 113 Å². The topological polar surface area (TPSA) is 223 Å². The van der Waals surface area contributed by atoms with Gasteiger partial charge in [0, 0.05) is 112 Å². The third kappa shape index (κ3) is 10.0. The van der Waals surface area contributed by atoms with Gasteiger partial charge in [0.15, 0.2) is 5.78 Å². The maximum absolute atomic E-state index is 15.3. The van der Waals surface area contributed by atoms with Gasteiger partial charge in [0.2, 0.25) is 17.8 Å². The van der Waals surface area contributed by atoms with E-state index in [9.17, 15) is 32.7 Å². The Labute approximate surface area is 386 Å². The Morgan fingerprint density at radius 2 is 1.70 bits per heavy atom. The molecular formula is C46H52ClFN10O7S. The third-order valence-corrected chi connectivity index (χ3v) is 14.8. The van der Waals surface area contributed by atoms with Gasteiger partial charge in [-0.1, -0.05) is 18.5 Å². The highest BCUT2D eigenvalue weighted by Gasteiger charge is 2.36. The summed E-state index contributed by atoms with van der Waals surface area (Å²) in [5.74, 6) is -1.30. The van der Waals surface area contributed by atoms with Crippen molar-refractivity contribution in [3.8, 4) is 11.1 Å². The second-order valence-corrected chi connectivity index (χ2v) is 19.6. The molecule has 5 aromatic rings. The average molecular weight is 944 g/mol. The molecule has 3 saturated heterocycles. The summed E-state index contributed by atoms with van der Waals surface area (Å²) in [5, 5.41) is 17.9. The van der Waals surface area contributed by atoms with E-state index in [0.717, 1.165) is 28.9 Å². The number of hydrogen-bond acceptors (Lipinski definition) is 13. The fourth-order valence-electron chi connectivity index (χ4n) is 8.90. The minimum absolute atomic E-state index is 0.0430. The molecule has 5 N–H and O–H groups in total. The van der Waals surface area contributed by atoms with Crippen molar-refractivity contribution in [1.82, 2.24) is 29.6 Å². The van der Waals surface area contributed by atoms with Gasteiger partial charge < -0.3 is 25.2 Å². The average Bonchev–Trinajstić information content (AvgIpc) is 3.72. The Morgan fingerprint density at radius 1 is 0.985 bits per heavy atom. The Morgan fingerprint density at radius 3 is 2.38 bits per heavy atom. The van der Waals surface area contributed by atoms with Crippen LogP contribution in [0.25, 0.3) is 22.2 Å². The lowest BCUT2D eigenvalue weighted by Crippen LogP contribution is -2.47. The number of anilines is 4. The van der Waals surface area contributed by atoms with Crippen molar-refractivity contribution >= 4 is 79.2 Å². The maximum atomic E-state index is 15.3. The first-order valence-corrected chi connectivity index (χ1v) is 23.8. The Balaban J connectivity index is 0.829. The molecular weight excluding hydrogens is 891 g/mol. The fourth-order valence-corrected chi connectivity index (χ4v) is 10.2. The second-order valence-electron chi connectivity index (χ2n) is 17.4. The number of pyridine rings is 1. The number of amides is 2. The van der Waals surface area contributed by atoms with Crippen LogP contribution in [0.2, 0.25) is 5.02 Å². The number of H-pyrrole nitrogens is 1.